The van der Waals surface area contributed by atoms with E-state index in [9.17, 15) is 24.3 Å². The van der Waals surface area contributed by atoms with Crippen LogP contribution in [-0.4, -0.2) is 64.4 Å². The van der Waals surface area contributed by atoms with Crippen molar-refractivity contribution < 1.29 is 24.3 Å². The van der Waals surface area contributed by atoms with E-state index in [4.69, 9.17) is 5.73 Å². The number of hydrogen-bond acceptors (Lipinski definition) is 5. The molecule has 1 aliphatic heterocycles. The summed E-state index contributed by atoms with van der Waals surface area (Å²) in [6, 6.07) is 5.59. The number of likely N-dealkylation sites (tertiary alicyclic amines) is 1. The number of carboxylic acids is 1. The van der Waals surface area contributed by atoms with E-state index in [1.807, 2.05) is 33.8 Å². The van der Waals surface area contributed by atoms with E-state index in [-0.39, 0.29) is 24.2 Å². The molecule has 1 saturated heterocycles. The van der Waals surface area contributed by atoms with Gasteiger partial charge in [-0.1, -0.05) is 64.4 Å². The summed E-state index contributed by atoms with van der Waals surface area (Å²) in [7, 11) is 0. The number of aliphatic carboxylic acids is 1. The minimum Gasteiger partial charge on any atom is -0.480 e. The summed E-state index contributed by atoms with van der Waals surface area (Å²) in [5, 5.41) is 15.0. The molecule has 5 unspecified atom stereocenters. The summed E-state index contributed by atoms with van der Waals surface area (Å²) in [4.78, 5) is 52.3. The molecule has 0 radical (unpaired) electrons. The van der Waals surface area contributed by atoms with Gasteiger partial charge in [-0.15, -0.1) is 0 Å². The molecule has 1 aliphatic rings. The number of nitrogens with zero attached hydrogens (tertiary/aromatic N) is 1. The number of carbonyl (C=O) groups excluding carboxylic acids is 3. The summed E-state index contributed by atoms with van der Waals surface area (Å²) < 4.78 is 0. The molecule has 9 heteroatoms. The Morgan fingerprint density at radius 2 is 1.76 bits per heavy atom. The maximum Gasteiger partial charge on any atom is 0.326 e. The first-order valence-corrected chi connectivity index (χ1v) is 12.0. The number of nitrogens with one attached hydrogen (secondary N) is 2. The maximum absolute atomic E-state index is 13.4. The first kappa shape index (κ1) is 27.3. The van der Waals surface area contributed by atoms with Crippen LogP contribution in [0.1, 0.15) is 52.5 Å². The minimum absolute atomic E-state index is 0.0363. The van der Waals surface area contributed by atoms with Gasteiger partial charge in [-0.05, 0) is 30.2 Å². The van der Waals surface area contributed by atoms with Gasteiger partial charge in [0.05, 0.1) is 6.04 Å². The zero-order chi connectivity index (χ0) is 25.4. The molecule has 0 aliphatic carbocycles. The van der Waals surface area contributed by atoms with Crippen LogP contribution in [0.4, 0.5) is 0 Å². The zero-order valence-corrected chi connectivity index (χ0v) is 20.5. The summed E-state index contributed by atoms with van der Waals surface area (Å²) in [5.41, 5.74) is 6.83. The number of rotatable bonds is 11. The number of carbonyl (C=O) groups is 4. The molecule has 1 fully saturated rings. The molecular formula is C25H38N4O5. The quantitative estimate of drug-likeness (QED) is 0.381. The molecule has 0 spiro atoms. The Labute approximate surface area is 201 Å². The normalized spacial score (nSPS) is 19.2. The second kappa shape index (κ2) is 12.5. The highest BCUT2D eigenvalue weighted by Gasteiger charge is 2.40. The Morgan fingerprint density at radius 3 is 2.32 bits per heavy atom. The zero-order valence-electron chi connectivity index (χ0n) is 20.5. The second-order valence-electron chi connectivity index (χ2n) is 9.42. The minimum atomic E-state index is -1.14. The van der Waals surface area contributed by atoms with Crippen LogP contribution < -0.4 is 16.4 Å². The molecule has 1 aromatic carbocycles. The van der Waals surface area contributed by atoms with Gasteiger partial charge in [-0.2, -0.15) is 0 Å². The Balaban J connectivity index is 2.11. The molecule has 0 bridgehead atoms. The molecule has 5 atom stereocenters. The Kier molecular flexibility index (Phi) is 10.0. The van der Waals surface area contributed by atoms with Crippen molar-refractivity contribution in [1.29, 1.82) is 0 Å². The highest BCUT2D eigenvalue weighted by molar-refractivity contribution is 5.94. The van der Waals surface area contributed by atoms with Crippen LogP contribution in [0.15, 0.2) is 30.3 Å². The van der Waals surface area contributed by atoms with E-state index in [0.717, 1.165) is 12.0 Å². The van der Waals surface area contributed by atoms with Crippen molar-refractivity contribution in [3.8, 4) is 0 Å². The van der Waals surface area contributed by atoms with Gasteiger partial charge < -0.3 is 26.4 Å². The van der Waals surface area contributed by atoms with Crippen LogP contribution in [-0.2, 0) is 25.6 Å². The lowest BCUT2D eigenvalue weighted by molar-refractivity contribution is -0.145. The Hall–Kier alpha value is -2.94. The molecule has 0 saturated carbocycles. The first-order chi connectivity index (χ1) is 16.1. The number of hydrogen-bond donors (Lipinski definition) is 4. The third-order valence-corrected chi connectivity index (χ3v) is 6.53. The topological polar surface area (TPSA) is 142 Å². The average molecular weight is 475 g/mol. The molecule has 34 heavy (non-hydrogen) atoms. The van der Waals surface area contributed by atoms with E-state index in [0.29, 0.717) is 19.4 Å². The maximum atomic E-state index is 13.4. The van der Waals surface area contributed by atoms with Crippen molar-refractivity contribution in [1.82, 2.24) is 15.5 Å². The van der Waals surface area contributed by atoms with Crippen LogP contribution in [0.5, 0.6) is 0 Å². The highest BCUT2D eigenvalue weighted by atomic mass is 16.4. The molecule has 9 nitrogen and oxygen atoms in total. The third kappa shape index (κ3) is 7.03. The summed E-state index contributed by atoms with van der Waals surface area (Å²) in [5.74, 6) is -2.64. The van der Waals surface area contributed by atoms with Gasteiger partial charge in [-0.3, -0.25) is 14.4 Å². The Bertz CT molecular complexity index is 860. The van der Waals surface area contributed by atoms with Gasteiger partial charge in [0.2, 0.25) is 17.7 Å². The fourth-order valence-corrected chi connectivity index (χ4v) is 4.07. The van der Waals surface area contributed by atoms with Crippen molar-refractivity contribution in [2.45, 2.75) is 77.5 Å². The van der Waals surface area contributed by atoms with E-state index < -0.39 is 42.0 Å². The molecule has 1 heterocycles. The predicted octanol–water partition coefficient (Wildman–Crippen LogP) is 1.30. The van der Waals surface area contributed by atoms with Crippen molar-refractivity contribution in [3.63, 3.8) is 0 Å². The van der Waals surface area contributed by atoms with Crippen molar-refractivity contribution in [3.05, 3.63) is 35.9 Å². The lowest BCUT2D eigenvalue weighted by Crippen LogP contribution is -2.58. The lowest BCUT2D eigenvalue weighted by atomic mass is 9.97. The van der Waals surface area contributed by atoms with Gasteiger partial charge in [0.1, 0.15) is 18.1 Å². The van der Waals surface area contributed by atoms with Crippen molar-refractivity contribution in [2.75, 3.05) is 6.54 Å². The molecule has 0 aromatic heterocycles. The van der Waals surface area contributed by atoms with Crippen LogP contribution in [0, 0.1) is 11.8 Å². The summed E-state index contributed by atoms with van der Waals surface area (Å²) in [6.45, 7) is 7.83. The molecule has 1 aromatic rings. The lowest BCUT2D eigenvalue weighted by Gasteiger charge is -2.32. The van der Waals surface area contributed by atoms with E-state index in [1.165, 1.54) is 4.90 Å². The highest BCUT2D eigenvalue weighted by Crippen LogP contribution is 2.21. The van der Waals surface area contributed by atoms with Crippen molar-refractivity contribution in [2.24, 2.45) is 17.6 Å². The predicted molar refractivity (Wildman–Crippen MR) is 129 cm³/mol. The van der Waals surface area contributed by atoms with Gasteiger partial charge in [-0.25, -0.2) is 4.79 Å². The largest absolute Gasteiger partial charge is 0.480 e. The third-order valence-electron chi connectivity index (χ3n) is 6.53. The number of benzene rings is 1. The van der Waals surface area contributed by atoms with Gasteiger partial charge in [0.15, 0.2) is 0 Å². The molecule has 188 valence electrons. The van der Waals surface area contributed by atoms with Crippen LogP contribution in [0.3, 0.4) is 0 Å². The number of nitrogens with two attached hydrogens (primary N) is 1. The van der Waals surface area contributed by atoms with Crippen molar-refractivity contribution >= 4 is 23.7 Å². The fraction of sp³-hybridized carbons (Fsp3) is 0.600. The molecule has 2 rings (SSSR count). The second-order valence-corrected chi connectivity index (χ2v) is 9.42. The smallest absolute Gasteiger partial charge is 0.326 e. The van der Waals surface area contributed by atoms with Crippen LogP contribution in [0.25, 0.3) is 0 Å². The number of amides is 3. The fourth-order valence-electron chi connectivity index (χ4n) is 4.07. The molecule has 3 amide bonds. The molecule has 5 N–H and O–H groups in total. The van der Waals surface area contributed by atoms with Gasteiger partial charge in [0, 0.05) is 13.0 Å². The molecular weight excluding hydrogens is 436 g/mol. The SMILES string of the molecule is CCC(C)C(N)C(=O)NC(C(=O)N1CCCC1C(=O)NC(Cc1ccccc1)C(=O)O)C(C)C. The van der Waals surface area contributed by atoms with Gasteiger partial charge in [0.25, 0.3) is 0 Å². The van der Waals surface area contributed by atoms with Crippen LogP contribution in [0.2, 0.25) is 0 Å². The summed E-state index contributed by atoms with van der Waals surface area (Å²) in [6.07, 6.45) is 1.92. The van der Waals surface area contributed by atoms with E-state index in [2.05, 4.69) is 10.6 Å². The van der Waals surface area contributed by atoms with E-state index in [1.54, 1.807) is 24.3 Å². The van der Waals surface area contributed by atoms with Gasteiger partial charge >= 0.3 is 5.97 Å². The summed E-state index contributed by atoms with van der Waals surface area (Å²) >= 11 is 0. The van der Waals surface area contributed by atoms with E-state index >= 15 is 0 Å². The average Bonchev–Trinajstić information content (AvgIpc) is 3.31. The Morgan fingerprint density at radius 1 is 1.12 bits per heavy atom. The monoisotopic (exact) mass is 474 g/mol. The van der Waals surface area contributed by atoms with Crippen LogP contribution >= 0.6 is 0 Å². The number of carboxylic acid groups (broad SMARTS) is 1. The standard InChI is InChI=1S/C25H38N4O5/c1-5-16(4)20(26)23(31)28-21(15(2)3)24(32)29-13-9-12-19(29)22(30)27-18(25(33)34)14-17-10-7-6-8-11-17/h6-8,10-11,15-16,18-21H,5,9,12-14,26H2,1-4H3,(H,27,30)(H,28,31)(H,33,34). The first-order valence-electron chi connectivity index (χ1n) is 12.0.